The van der Waals surface area contributed by atoms with Crippen molar-refractivity contribution in [2.75, 3.05) is 40.4 Å². The molecule has 0 bridgehead atoms. The molecule has 0 aromatic heterocycles. The Morgan fingerprint density at radius 2 is 2.12 bits per heavy atom. The summed E-state index contributed by atoms with van der Waals surface area (Å²) < 4.78 is 5.06. The molecule has 2 unspecified atom stereocenters. The molecule has 0 saturated heterocycles. The van der Waals surface area contributed by atoms with Crippen LogP contribution >= 0.6 is 0 Å². The van der Waals surface area contributed by atoms with Gasteiger partial charge in [-0.25, -0.2) is 0 Å². The summed E-state index contributed by atoms with van der Waals surface area (Å²) in [6.07, 6.45) is 5.43. The van der Waals surface area contributed by atoms with Gasteiger partial charge in [0, 0.05) is 19.7 Å². The molecule has 1 aliphatic rings. The highest BCUT2D eigenvalue weighted by Gasteiger charge is 2.21. The minimum atomic E-state index is 0.782. The third-order valence-corrected chi connectivity index (χ3v) is 3.66. The molecule has 0 amide bonds. The predicted molar refractivity (Wildman–Crippen MR) is 68.8 cm³/mol. The van der Waals surface area contributed by atoms with E-state index in [2.05, 4.69) is 24.2 Å². The average Bonchev–Trinajstić information content (AvgIpc) is 2.67. The largest absolute Gasteiger partial charge is 0.383 e. The van der Waals surface area contributed by atoms with Crippen LogP contribution in [0.15, 0.2) is 0 Å². The highest BCUT2D eigenvalue weighted by Crippen LogP contribution is 2.24. The third-order valence-electron chi connectivity index (χ3n) is 3.66. The Kier molecular flexibility index (Phi) is 7.01. The number of nitrogens with one attached hydrogen (secondary N) is 1. The van der Waals surface area contributed by atoms with Crippen LogP contribution in [0.3, 0.4) is 0 Å². The van der Waals surface area contributed by atoms with E-state index in [-0.39, 0.29) is 0 Å². The van der Waals surface area contributed by atoms with E-state index < -0.39 is 0 Å². The van der Waals surface area contributed by atoms with E-state index in [4.69, 9.17) is 4.74 Å². The fourth-order valence-electron chi connectivity index (χ4n) is 2.44. The van der Waals surface area contributed by atoms with Crippen LogP contribution in [0, 0.1) is 5.92 Å². The number of nitrogens with zero attached hydrogens (tertiary/aromatic N) is 1. The first-order valence-electron chi connectivity index (χ1n) is 6.65. The molecule has 1 rings (SSSR count). The molecule has 16 heavy (non-hydrogen) atoms. The summed E-state index contributed by atoms with van der Waals surface area (Å²) in [5.74, 6) is 0.881. The summed E-state index contributed by atoms with van der Waals surface area (Å²) in [6.45, 7) is 6.57. The van der Waals surface area contributed by atoms with Crippen molar-refractivity contribution in [2.24, 2.45) is 5.92 Å². The summed E-state index contributed by atoms with van der Waals surface area (Å²) in [5, 5.41) is 3.68. The van der Waals surface area contributed by atoms with Crippen LogP contribution in [0.2, 0.25) is 0 Å². The molecule has 0 radical (unpaired) electrons. The Balaban J connectivity index is 1.94. The maximum Gasteiger partial charge on any atom is 0.0589 e. The number of rotatable bonds is 8. The molecule has 0 aromatic rings. The number of hydrogen-bond donors (Lipinski definition) is 1. The van der Waals surface area contributed by atoms with Crippen molar-refractivity contribution in [3.8, 4) is 0 Å². The van der Waals surface area contributed by atoms with Crippen molar-refractivity contribution in [2.45, 2.75) is 38.6 Å². The van der Waals surface area contributed by atoms with Gasteiger partial charge in [-0.1, -0.05) is 13.3 Å². The Labute approximate surface area is 101 Å². The summed E-state index contributed by atoms with van der Waals surface area (Å²) in [6, 6.07) is 0.782. The molecule has 1 aliphatic carbocycles. The molecule has 2 atom stereocenters. The van der Waals surface area contributed by atoms with Crippen molar-refractivity contribution in [1.29, 1.82) is 0 Å². The van der Waals surface area contributed by atoms with Gasteiger partial charge >= 0.3 is 0 Å². The number of ether oxygens (including phenoxy) is 1. The zero-order chi connectivity index (χ0) is 11.8. The number of hydrogen-bond acceptors (Lipinski definition) is 3. The van der Waals surface area contributed by atoms with E-state index in [1.165, 1.54) is 25.7 Å². The normalized spacial score (nSPS) is 25.5. The molecule has 0 aromatic carbocycles. The zero-order valence-corrected chi connectivity index (χ0v) is 11.2. The van der Waals surface area contributed by atoms with Gasteiger partial charge in [-0.05, 0) is 45.3 Å². The summed E-state index contributed by atoms with van der Waals surface area (Å²) in [4.78, 5) is 2.34. The minimum Gasteiger partial charge on any atom is -0.383 e. The topological polar surface area (TPSA) is 24.5 Å². The summed E-state index contributed by atoms with van der Waals surface area (Å²) >= 11 is 0. The van der Waals surface area contributed by atoms with Gasteiger partial charge in [0.15, 0.2) is 0 Å². The first-order valence-corrected chi connectivity index (χ1v) is 6.65. The molecular weight excluding hydrogens is 200 g/mol. The van der Waals surface area contributed by atoms with Crippen LogP contribution < -0.4 is 5.32 Å². The molecule has 0 heterocycles. The predicted octanol–water partition coefficient (Wildman–Crippen LogP) is 1.73. The smallest absolute Gasteiger partial charge is 0.0589 e. The first kappa shape index (κ1) is 13.9. The molecule has 3 heteroatoms. The summed E-state index contributed by atoms with van der Waals surface area (Å²) in [5.41, 5.74) is 0. The monoisotopic (exact) mass is 228 g/mol. The van der Waals surface area contributed by atoms with E-state index in [9.17, 15) is 0 Å². The lowest BCUT2D eigenvalue weighted by Crippen LogP contribution is -2.34. The van der Waals surface area contributed by atoms with Gasteiger partial charge in [0.1, 0.15) is 0 Å². The lowest BCUT2D eigenvalue weighted by atomic mass is 10.1. The maximum atomic E-state index is 5.06. The van der Waals surface area contributed by atoms with E-state index in [0.717, 1.165) is 38.2 Å². The van der Waals surface area contributed by atoms with Crippen LogP contribution in [0.5, 0.6) is 0 Å². The highest BCUT2D eigenvalue weighted by atomic mass is 16.5. The Morgan fingerprint density at radius 3 is 2.75 bits per heavy atom. The van der Waals surface area contributed by atoms with Gasteiger partial charge in [-0.2, -0.15) is 0 Å². The highest BCUT2D eigenvalue weighted by molar-refractivity contribution is 4.79. The third kappa shape index (κ3) is 5.28. The van der Waals surface area contributed by atoms with Gasteiger partial charge in [0.25, 0.3) is 0 Å². The molecule has 3 nitrogen and oxygen atoms in total. The number of methoxy groups -OCH3 is 1. The van der Waals surface area contributed by atoms with Gasteiger partial charge in [0.05, 0.1) is 6.61 Å². The Morgan fingerprint density at radius 1 is 1.31 bits per heavy atom. The Bertz CT molecular complexity index is 175. The zero-order valence-electron chi connectivity index (χ0n) is 11.2. The van der Waals surface area contributed by atoms with E-state index in [0.29, 0.717) is 0 Å². The molecular formula is C13H28N2O. The fraction of sp³-hybridized carbons (Fsp3) is 1.00. The quantitative estimate of drug-likeness (QED) is 0.640. The minimum absolute atomic E-state index is 0.782. The summed E-state index contributed by atoms with van der Waals surface area (Å²) in [7, 11) is 3.92. The second kappa shape index (κ2) is 8.04. The lowest BCUT2D eigenvalue weighted by Gasteiger charge is -2.19. The Hall–Kier alpha value is -0.120. The van der Waals surface area contributed by atoms with Crippen LogP contribution in [0.25, 0.3) is 0 Å². The second-order valence-corrected chi connectivity index (χ2v) is 5.12. The van der Waals surface area contributed by atoms with Crippen LogP contribution in [-0.2, 0) is 4.74 Å². The molecule has 0 aliphatic heterocycles. The van der Waals surface area contributed by atoms with Crippen LogP contribution in [-0.4, -0.2) is 51.3 Å². The fourth-order valence-corrected chi connectivity index (χ4v) is 2.44. The maximum absolute atomic E-state index is 5.06. The SMILES string of the molecule is COCCN(C)CCCNC1CCCC1C. The van der Waals surface area contributed by atoms with Crippen molar-refractivity contribution in [1.82, 2.24) is 10.2 Å². The van der Waals surface area contributed by atoms with Gasteiger partial charge in [0.2, 0.25) is 0 Å². The van der Waals surface area contributed by atoms with Crippen molar-refractivity contribution in [3.63, 3.8) is 0 Å². The van der Waals surface area contributed by atoms with Gasteiger partial charge < -0.3 is 15.0 Å². The van der Waals surface area contributed by atoms with E-state index in [1.54, 1.807) is 7.11 Å². The van der Waals surface area contributed by atoms with Gasteiger partial charge in [-0.3, -0.25) is 0 Å². The molecule has 1 fully saturated rings. The van der Waals surface area contributed by atoms with E-state index >= 15 is 0 Å². The molecule has 1 N–H and O–H groups in total. The van der Waals surface area contributed by atoms with E-state index in [1.807, 2.05) is 0 Å². The van der Waals surface area contributed by atoms with Crippen molar-refractivity contribution >= 4 is 0 Å². The molecule has 1 saturated carbocycles. The standard InChI is InChI=1S/C13H28N2O/c1-12-6-4-7-13(12)14-8-5-9-15(2)10-11-16-3/h12-14H,4-11H2,1-3H3. The number of likely N-dealkylation sites (N-methyl/N-ethyl adjacent to an activating group) is 1. The van der Waals surface area contributed by atoms with Crippen LogP contribution in [0.1, 0.15) is 32.6 Å². The first-order chi connectivity index (χ1) is 7.74. The van der Waals surface area contributed by atoms with Crippen molar-refractivity contribution in [3.05, 3.63) is 0 Å². The van der Waals surface area contributed by atoms with Crippen LogP contribution in [0.4, 0.5) is 0 Å². The van der Waals surface area contributed by atoms with Gasteiger partial charge in [-0.15, -0.1) is 0 Å². The second-order valence-electron chi connectivity index (χ2n) is 5.12. The average molecular weight is 228 g/mol. The van der Waals surface area contributed by atoms with Crippen molar-refractivity contribution < 1.29 is 4.74 Å². The molecule has 0 spiro atoms. The molecule has 96 valence electrons. The lowest BCUT2D eigenvalue weighted by molar-refractivity contribution is 0.160.